The van der Waals surface area contributed by atoms with E-state index in [-0.39, 0.29) is 18.1 Å². The molecule has 0 aromatic heterocycles. The van der Waals surface area contributed by atoms with Gasteiger partial charge in [-0.2, -0.15) is 0 Å². The van der Waals surface area contributed by atoms with Crippen LogP contribution < -0.4 is 16.0 Å². The number of hydrogen-bond acceptors (Lipinski definition) is 5. The highest BCUT2D eigenvalue weighted by Crippen LogP contribution is 2.25. The largest absolute Gasteiger partial charge is 0.593 e. The van der Waals surface area contributed by atoms with Gasteiger partial charge in [0.05, 0.1) is 17.9 Å². The fourth-order valence-electron chi connectivity index (χ4n) is 4.24. The van der Waals surface area contributed by atoms with Crippen LogP contribution in [0.2, 0.25) is 0 Å². The van der Waals surface area contributed by atoms with E-state index in [1.165, 1.54) is 6.07 Å². The fourth-order valence-corrected chi connectivity index (χ4v) is 5.25. The summed E-state index contributed by atoms with van der Waals surface area (Å²) in [5.74, 6) is -0.629. The van der Waals surface area contributed by atoms with Gasteiger partial charge in [-0.3, -0.25) is 14.5 Å². The van der Waals surface area contributed by atoms with Crippen LogP contribution in [-0.4, -0.2) is 33.8 Å². The molecule has 1 unspecified atom stereocenters. The molecule has 2 amide bonds. The number of carbonyl (C=O) groups is 2. The number of nitrogens with two attached hydrogens (primary N) is 1. The van der Waals surface area contributed by atoms with Gasteiger partial charge in [-0.25, -0.2) is 0 Å². The highest BCUT2D eigenvalue weighted by atomic mass is 32.2. The molecule has 0 aliphatic carbocycles. The molecule has 36 heavy (non-hydrogen) atoms. The monoisotopic (exact) mass is 513 g/mol. The maximum Gasteiger partial charge on any atom is 0.248 e. The van der Waals surface area contributed by atoms with E-state index in [9.17, 15) is 18.7 Å². The molecule has 1 atom stereocenters. The van der Waals surface area contributed by atoms with E-state index >= 15 is 0 Å². The van der Waals surface area contributed by atoms with Crippen molar-refractivity contribution >= 4 is 34.9 Å². The number of rotatable bonds is 6. The van der Waals surface area contributed by atoms with Gasteiger partial charge in [-0.15, -0.1) is 4.31 Å². The Kier molecular flexibility index (Phi) is 9.69. The Morgan fingerprint density at radius 2 is 1.86 bits per heavy atom. The predicted octanol–water partition coefficient (Wildman–Crippen LogP) is 4.72. The van der Waals surface area contributed by atoms with Gasteiger partial charge in [0.1, 0.15) is 5.41 Å². The number of carbonyl (C=O) groups excluding carboxylic acids is 2. The van der Waals surface area contributed by atoms with Crippen molar-refractivity contribution in [3.05, 3.63) is 75.2 Å². The average molecular weight is 514 g/mol. The van der Waals surface area contributed by atoms with E-state index in [4.69, 9.17) is 5.73 Å². The molecule has 2 aromatic rings. The number of amides is 2. The Bertz CT molecular complexity index is 1160. The van der Waals surface area contributed by atoms with Gasteiger partial charge >= 0.3 is 0 Å². The average Bonchev–Trinajstić information content (AvgIpc) is 2.88. The molecule has 2 aromatic carbocycles. The van der Waals surface area contributed by atoms with Gasteiger partial charge < -0.3 is 15.6 Å². The smallest absolute Gasteiger partial charge is 0.248 e. The lowest BCUT2D eigenvalue weighted by atomic mass is 9.99. The summed E-state index contributed by atoms with van der Waals surface area (Å²) in [6, 6.07) is 9.96. The van der Waals surface area contributed by atoms with Crippen molar-refractivity contribution in [3.8, 4) is 5.75 Å². The zero-order valence-corrected chi connectivity index (χ0v) is 21.6. The Morgan fingerprint density at radius 1 is 1.14 bits per heavy atom. The van der Waals surface area contributed by atoms with Gasteiger partial charge in [0.2, 0.25) is 11.8 Å². The van der Waals surface area contributed by atoms with Gasteiger partial charge in [0.15, 0.2) is 5.75 Å². The second-order valence-electron chi connectivity index (χ2n) is 8.91. The first-order valence-corrected chi connectivity index (χ1v) is 13.0. The highest BCUT2D eigenvalue weighted by molar-refractivity contribution is 7.92. The summed E-state index contributed by atoms with van der Waals surface area (Å²) in [6.45, 7) is 6.60. The Balaban J connectivity index is 1.73. The van der Waals surface area contributed by atoms with Crippen LogP contribution in [0.4, 0.5) is 4.53 Å². The maximum absolute atomic E-state index is 13.1. The minimum atomic E-state index is -1.44. The lowest BCUT2D eigenvalue weighted by Gasteiger charge is -2.21. The molecule has 1 aliphatic rings. The minimum Gasteiger partial charge on any atom is -0.593 e. The molecule has 0 saturated heterocycles. The molecule has 0 radical (unpaired) electrons. The molecular formula is C27H32FN3O4S. The van der Waals surface area contributed by atoms with Crippen molar-refractivity contribution in [2.75, 3.05) is 13.1 Å². The zero-order chi connectivity index (χ0) is 26.2. The molecular weight excluding hydrogens is 481 g/mol. The Morgan fingerprint density at radius 3 is 2.53 bits per heavy atom. The first kappa shape index (κ1) is 27.4. The number of primary amides is 1. The van der Waals surface area contributed by atoms with Gasteiger partial charge in [0.25, 0.3) is 0 Å². The van der Waals surface area contributed by atoms with Gasteiger partial charge in [0, 0.05) is 34.3 Å². The number of nitrogens with one attached hydrogen (secondary N) is 1. The zero-order valence-electron chi connectivity index (χ0n) is 20.8. The van der Waals surface area contributed by atoms with E-state index in [0.29, 0.717) is 29.9 Å². The molecule has 1 heterocycles. The second-order valence-corrected chi connectivity index (χ2v) is 10.3. The van der Waals surface area contributed by atoms with Crippen LogP contribution in [0, 0.1) is 13.8 Å². The quantitative estimate of drug-likeness (QED) is 0.544. The number of hydrogen-bond donors (Lipinski definition) is 2. The van der Waals surface area contributed by atoms with Crippen LogP contribution in [-0.2, 0) is 16.2 Å². The molecule has 0 saturated carbocycles. The highest BCUT2D eigenvalue weighted by Gasteiger charge is 2.21. The molecule has 9 heteroatoms. The van der Waals surface area contributed by atoms with Gasteiger partial charge in [-0.05, 0) is 92.6 Å². The third kappa shape index (κ3) is 7.19. The first-order valence-electron chi connectivity index (χ1n) is 11.8. The van der Waals surface area contributed by atoms with Crippen molar-refractivity contribution in [1.82, 2.24) is 9.62 Å². The van der Waals surface area contributed by atoms with Crippen LogP contribution in [0.5, 0.6) is 5.75 Å². The van der Waals surface area contributed by atoms with Crippen LogP contribution >= 0.6 is 0 Å². The van der Waals surface area contributed by atoms with E-state index in [0.717, 1.165) is 41.5 Å². The third-order valence-electron chi connectivity index (χ3n) is 6.18. The van der Waals surface area contributed by atoms with Crippen molar-refractivity contribution in [2.45, 2.75) is 46.5 Å². The summed E-state index contributed by atoms with van der Waals surface area (Å²) in [6.07, 6.45) is 4.32. The van der Waals surface area contributed by atoms with Crippen molar-refractivity contribution in [1.29, 1.82) is 0 Å². The Hall–Kier alpha value is -3.14. The molecule has 0 spiro atoms. The number of nitrogens with zero attached hydrogens (tertiary/aromatic N) is 1. The fraction of sp³-hybridized carbons (Fsp3) is 0.333. The predicted molar refractivity (Wildman–Crippen MR) is 141 cm³/mol. The normalized spacial score (nSPS) is 19.0. The van der Waals surface area contributed by atoms with E-state index < -0.39 is 17.3 Å². The SMILES string of the molecule is C/C1=C(/c2cccc(OF)c2)NC(=O)CCN([S+]([O-])/C=C/c2c(C)cc(C(N)=O)cc2C)CCCC1. The summed E-state index contributed by atoms with van der Waals surface area (Å²) < 4.78 is 27.6. The van der Waals surface area contributed by atoms with E-state index in [1.54, 1.807) is 46.1 Å². The molecule has 3 N–H and O–H groups in total. The number of aryl methyl sites for hydroxylation is 2. The summed E-state index contributed by atoms with van der Waals surface area (Å²) in [7, 11) is 0. The van der Waals surface area contributed by atoms with E-state index in [1.807, 2.05) is 20.8 Å². The summed E-state index contributed by atoms with van der Waals surface area (Å²) in [5.41, 5.74) is 10.8. The van der Waals surface area contributed by atoms with E-state index in [2.05, 4.69) is 10.3 Å². The first-order chi connectivity index (χ1) is 17.2. The number of benzene rings is 2. The van der Waals surface area contributed by atoms with Gasteiger partial charge in [-0.1, -0.05) is 12.1 Å². The topological polar surface area (TPSA) is 108 Å². The Labute approximate surface area is 214 Å². The molecule has 3 rings (SSSR count). The summed E-state index contributed by atoms with van der Waals surface area (Å²) in [5, 5.41) is 4.58. The van der Waals surface area contributed by atoms with Crippen molar-refractivity contribution in [2.24, 2.45) is 5.73 Å². The maximum atomic E-state index is 13.1. The third-order valence-corrected chi connectivity index (χ3v) is 7.43. The van der Waals surface area contributed by atoms with Crippen LogP contribution in [0.15, 0.2) is 47.4 Å². The second kappa shape index (κ2) is 12.7. The van der Waals surface area contributed by atoms with Crippen molar-refractivity contribution in [3.63, 3.8) is 0 Å². The van der Waals surface area contributed by atoms with Crippen LogP contribution in [0.25, 0.3) is 11.8 Å². The molecule has 0 bridgehead atoms. The van der Waals surface area contributed by atoms with Crippen molar-refractivity contribution < 1.29 is 23.6 Å². The lowest BCUT2D eigenvalue weighted by molar-refractivity contribution is -0.120. The lowest BCUT2D eigenvalue weighted by Crippen LogP contribution is -2.34. The van der Waals surface area contributed by atoms with Crippen LogP contribution in [0.1, 0.15) is 65.2 Å². The molecule has 192 valence electrons. The minimum absolute atomic E-state index is 0.0689. The summed E-state index contributed by atoms with van der Waals surface area (Å²) in [4.78, 5) is 28.1. The number of allylic oxidation sites excluding steroid dienone is 1. The summed E-state index contributed by atoms with van der Waals surface area (Å²) >= 11 is -1.44. The standard InChI is InChI=1S/C27H32FN3O4S/c1-18-7-4-5-12-31(13-10-25(32)30-26(18)21-8-6-9-23(17-21)35-28)36(34)14-11-24-19(2)15-22(27(29)33)16-20(24)3/h6,8-9,11,14-17H,4-5,7,10,12-13H2,1-3H3,(H2,29,33)(H,30,32)/b14-11+,26-18+. The molecule has 0 fully saturated rings. The molecule has 7 nitrogen and oxygen atoms in total. The molecule has 1 aliphatic heterocycles. The number of halogens is 1. The van der Waals surface area contributed by atoms with Crippen LogP contribution in [0.3, 0.4) is 0 Å².